The fourth-order valence-electron chi connectivity index (χ4n) is 3.22. The van der Waals surface area contributed by atoms with Crippen molar-refractivity contribution < 1.29 is 0 Å². The summed E-state index contributed by atoms with van der Waals surface area (Å²) in [5.74, 6) is 2.04. The molecule has 1 spiro atoms. The number of rotatable bonds is 3. The van der Waals surface area contributed by atoms with E-state index in [1.54, 1.807) is 0 Å². The summed E-state index contributed by atoms with van der Waals surface area (Å²) in [5, 5.41) is 4.78. The summed E-state index contributed by atoms with van der Waals surface area (Å²) >= 11 is 1.96. The van der Waals surface area contributed by atoms with E-state index in [9.17, 15) is 0 Å². The molecule has 0 aromatic carbocycles. The van der Waals surface area contributed by atoms with E-state index < -0.39 is 0 Å². The van der Waals surface area contributed by atoms with Gasteiger partial charge >= 0.3 is 0 Å². The average molecular weight is 268 g/mol. The van der Waals surface area contributed by atoms with Crippen LogP contribution >= 0.6 is 11.8 Å². The summed E-state index contributed by atoms with van der Waals surface area (Å²) in [5.41, 5.74) is 0.551. The van der Waals surface area contributed by atoms with Crippen LogP contribution in [0.4, 0.5) is 0 Å². The molecule has 0 bridgehead atoms. The zero-order valence-corrected chi connectivity index (χ0v) is 13.0. The second kappa shape index (κ2) is 6.31. The molecule has 1 N–H and O–H groups in total. The Balaban J connectivity index is 1.82. The number of thioether (sulfide) groups is 1. The van der Waals surface area contributed by atoms with Crippen LogP contribution in [0.15, 0.2) is 4.99 Å². The minimum Gasteiger partial charge on any atom is -0.362 e. The zero-order valence-electron chi connectivity index (χ0n) is 12.2. The number of nitrogens with one attached hydrogen (secondary N) is 1. The third-order valence-electron chi connectivity index (χ3n) is 4.18. The van der Waals surface area contributed by atoms with Gasteiger partial charge in [0.25, 0.3) is 0 Å². The molecule has 1 heterocycles. The summed E-state index contributed by atoms with van der Waals surface area (Å²) in [4.78, 5) is 4.82. The van der Waals surface area contributed by atoms with Crippen LogP contribution in [0.2, 0.25) is 0 Å². The normalized spacial score (nSPS) is 25.0. The van der Waals surface area contributed by atoms with Crippen LogP contribution in [0.25, 0.3) is 0 Å². The van der Waals surface area contributed by atoms with Crippen molar-refractivity contribution in [3.63, 3.8) is 0 Å². The molecule has 0 aromatic rings. The van der Waals surface area contributed by atoms with Crippen molar-refractivity contribution in [2.75, 3.05) is 12.3 Å². The maximum atomic E-state index is 4.82. The van der Waals surface area contributed by atoms with Gasteiger partial charge in [-0.25, -0.2) is 0 Å². The molecule has 2 nitrogen and oxygen atoms in total. The first-order valence-corrected chi connectivity index (χ1v) is 8.52. The number of hydrogen-bond acceptors (Lipinski definition) is 3. The molecular weight excluding hydrogens is 240 g/mol. The number of nitrogens with zero attached hydrogens (tertiary/aromatic N) is 1. The first kappa shape index (κ1) is 14.2. The van der Waals surface area contributed by atoms with Gasteiger partial charge in [-0.2, -0.15) is 0 Å². The van der Waals surface area contributed by atoms with Crippen molar-refractivity contribution in [2.45, 2.75) is 65.3 Å². The molecule has 2 rings (SSSR count). The third-order valence-corrected chi connectivity index (χ3v) is 5.46. The van der Waals surface area contributed by atoms with E-state index in [1.807, 2.05) is 11.8 Å². The Morgan fingerprint density at radius 1 is 1.22 bits per heavy atom. The third kappa shape index (κ3) is 3.91. The Labute approximate surface area is 116 Å². The molecule has 1 fully saturated rings. The van der Waals surface area contributed by atoms with E-state index >= 15 is 0 Å². The maximum absolute atomic E-state index is 4.82. The van der Waals surface area contributed by atoms with Gasteiger partial charge in [-0.1, -0.05) is 44.9 Å². The Hall–Kier alpha value is -0.180. The molecule has 0 aromatic heterocycles. The van der Waals surface area contributed by atoms with Crippen molar-refractivity contribution in [3.05, 3.63) is 0 Å². The molecule has 1 aliphatic heterocycles. The van der Waals surface area contributed by atoms with Gasteiger partial charge in [0.05, 0.1) is 0 Å². The second-order valence-electron chi connectivity index (χ2n) is 6.65. The van der Waals surface area contributed by atoms with Crippen molar-refractivity contribution >= 4 is 16.9 Å². The van der Waals surface area contributed by atoms with Gasteiger partial charge in [0.2, 0.25) is 0 Å². The molecule has 1 aliphatic carbocycles. The van der Waals surface area contributed by atoms with Gasteiger partial charge in [0, 0.05) is 18.3 Å². The van der Waals surface area contributed by atoms with E-state index in [0.717, 1.165) is 12.5 Å². The fourth-order valence-corrected chi connectivity index (χ4v) is 4.48. The minimum absolute atomic E-state index is 0.551. The molecule has 3 heteroatoms. The van der Waals surface area contributed by atoms with Gasteiger partial charge in [0.15, 0.2) is 5.17 Å². The van der Waals surface area contributed by atoms with Crippen LogP contribution in [0.5, 0.6) is 0 Å². The van der Waals surface area contributed by atoms with Gasteiger partial charge in [-0.15, -0.1) is 0 Å². The molecule has 2 aliphatic rings. The Morgan fingerprint density at radius 3 is 2.50 bits per heavy atom. The van der Waals surface area contributed by atoms with Crippen molar-refractivity contribution in [2.24, 2.45) is 16.3 Å². The fraction of sp³-hybridized carbons (Fsp3) is 0.933. The Kier molecular flexibility index (Phi) is 4.99. The molecule has 104 valence electrons. The van der Waals surface area contributed by atoms with E-state index in [0.29, 0.717) is 11.5 Å². The monoisotopic (exact) mass is 268 g/mol. The standard InChI is InChI=1S/C15H28N2S/c1-12(2)9-13(3)17-14-16-10-15(11-18-14)7-5-4-6-8-15/h12-13H,4-11H2,1-3H3,(H,16,17). The highest BCUT2D eigenvalue weighted by Crippen LogP contribution is 2.41. The van der Waals surface area contributed by atoms with E-state index in [2.05, 4.69) is 26.1 Å². The SMILES string of the molecule is CC(C)CC(C)NC1=NCC2(CCCCC2)CS1. The van der Waals surface area contributed by atoms with Crippen LogP contribution in [0, 0.1) is 11.3 Å². The first-order chi connectivity index (χ1) is 8.60. The van der Waals surface area contributed by atoms with Gasteiger partial charge in [-0.05, 0) is 37.5 Å². The molecular formula is C15H28N2S. The van der Waals surface area contributed by atoms with Crippen molar-refractivity contribution in [3.8, 4) is 0 Å². The molecule has 1 saturated carbocycles. The second-order valence-corrected chi connectivity index (χ2v) is 7.61. The molecule has 1 atom stereocenters. The molecule has 0 saturated heterocycles. The van der Waals surface area contributed by atoms with Gasteiger partial charge in [-0.3, -0.25) is 4.99 Å². The van der Waals surface area contributed by atoms with E-state index in [-0.39, 0.29) is 0 Å². The van der Waals surface area contributed by atoms with Gasteiger partial charge < -0.3 is 5.32 Å². The summed E-state index contributed by atoms with van der Waals surface area (Å²) in [6.07, 6.45) is 8.30. The largest absolute Gasteiger partial charge is 0.362 e. The lowest BCUT2D eigenvalue weighted by Crippen LogP contribution is -2.39. The molecule has 0 amide bonds. The summed E-state index contributed by atoms with van der Waals surface area (Å²) < 4.78 is 0. The zero-order chi connectivity index (χ0) is 13.0. The predicted molar refractivity (Wildman–Crippen MR) is 82.3 cm³/mol. The molecule has 18 heavy (non-hydrogen) atoms. The lowest BCUT2D eigenvalue weighted by atomic mass is 9.75. The minimum atomic E-state index is 0.551. The van der Waals surface area contributed by atoms with Crippen LogP contribution in [-0.2, 0) is 0 Å². The number of aliphatic imine (C=N–C) groups is 1. The van der Waals surface area contributed by atoms with Crippen LogP contribution in [-0.4, -0.2) is 23.5 Å². The van der Waals surface area contributed by atoms with Crippen LogP contribution in [0.3, 0.4) is 0 Å². The quantitative estimate of drug-likeness (QED) is 0.834. The predicted octanol–water partition coefficient (Wildman–Crippen LogP) is 4.06. The summed E-state index contributed by atoms with van der Waals surface area (Å²) in [6.45, 7) is 7.90. The highest BCUT2D eigenvalue weighted by atomic mass is 32.2. The maximum Gasteiger partial charge on any atom is 0.156 e. The molecule has 0 radical (unpaired) electrons. The smallest absolute Gasteiger partial charge is 0.156 e. The van der Waals surface area contributed by atoms with Crippen molar-refractivity contribution in [1.29, 1.82) is 0 Å². The Morgan fingerprint density at radius 2 is 1.94 bits per heavy atom. The summed E-state index contributed by atoms with van der Waals surface area (Å²) in [7, 11) is 0. The first-order valence-electron chi connectivity index (χ1n) is 7.53. The topological polar surface area (TPSA) is 24.4 Å². The number of hydrogen-bond donors (Lipinski definition) is 1. The van der Waals surface area contributed by atoms with Crippen LogP contribution in [0.1, 0.15) is 59.3 Å². The van der Waals surface area contributed by atoms with Crippen LogP contribution < -0.4 is 5.32 Å². The summed E-state index contributed by atoms with van der Waals surface area (Å²) in [6, 6.07) is 0.552. The lowest BCUT2D eigenvalue weighted by molar-refractivity contribution is 0.232. The van der Waals surface area contributed by atoms with E-state index in [1.165, 1.54) is 49.4 Å². The van der Waals surface area contributed by atoms with Crippen molar-refractivity contribution in [1.82, 2.24) is 5.32 Å². The lowest BCUT2D eigenvalue weighted by Gasteiger charge is -2.38. The molecule has 1 unspecified atom stereocenters. The van der Waals surface area contributed by atoms with E-state index in [4.69, 9.17) is 4.99 Å². The van der Waals surface area contributed by atoms with Gasteiger partial charge in [0.1, 0.15) is 0 Å². The highest BCUT2D eigenvalue weighted by molar-refractivity contribution is 8.13. The Bertz CT molecular complexity index is 293. The highest BCUT2D eigenvalue weighted by Gasteiger charge is 2.34. The number of amidine groups is 1. The average Bonchev–Trinajstić information content (AvgIpc) is 2.33.